The molecule has 0 radical (unpaired) electrons. The lowest BCUT2D eigenvalue weighted by Gasteiger charge is -1.82. The second-order valence-corrected chi connectivity index (χ2v) is 1.23. The molecule has 0 bridgehead atoms. The molecule has 0 atom stereocenters. The van der Waals surface area contributed by atoms with E-state index < -0.39 is 0 Å². The molecule has 0 fully saturated rings. The molecule has 0 aliphatic carbocycles. The Balaban J connectivity index is 3.07. The molecule has 2 nitrogen and oxygen atoms in total. The summed E-state index contributed by atoms with van der Waals surface area (Å²) in [6, 6.07) is 0. The van der Waals surface area contributed by atoms with Gasteiger partial charge in [0.05, 0.1) is 12.9 Å². The molecular formula is C6H10O2. The van der Waals surface area contributed by atoms with E-state index in [9.17, 15) is 0 Å². The van der Waals surface area contributed by atoms with Gasteiger partial charge in [-0.3, -0.25) is 0 Å². The number of hydrogen-bond donors (Lipinski definition) is 1. The smallest absolute Gasteiger partial charge is 0.0791 e. The van der Waals surface area contributed by atoms with Gasteiger partial charge in [0.25, 0.3) is 0 Å². The summed E-state index contributed by atoms with van der Waals surface area (Å²) in [5.41, 5.74) is 0. The second kappa shape index (κ2) is 6.24. The van der Waals surface area contributed by atoms with Crippen molar-refractivity contribution >= 4 is 0 Å². The van der Waals surface area contributed by atoms with Gasteiger partial charge in [-0.05, 0) is 6.08 Å². The van der Waals surface area contributed by atoms with E-state index in [0.29, 0.717) is 6.61 Å². The molecule has 46 valence electrons. The van der Waals surface area contributed by atoms with Crippen LogP contribution in [0.5, 0.6) is 0 Å². The lowest BCUT2D eigenvalue weighted by atomic mass is 10.5. The van der Waals surface area contributed by atoms with E-state index in [0.717, 1.165) is 6.26 Å². The van der Waals surface area contributed by atoms with Gasteiger partial charge in [-0.1, -0.05) is 12.2 Å². The van der Waals surface area contributed by atoms with E-state index in [2.05, 4.69) is 4.74 Å². The first-order valence-corrected chi connectivity index (χ1v) is 2.36. The average Bonchev–Trinajstić information content (AvgIpc) is 1.81. The molecule has 0 amide bonds. The van der Waals surface area contributed by atoms with Crippen molar-refractivity contribution in [2.45, 2.75) is 0 Å². The summed E-state index contributed by atoms with van der Waals surface area (Å²) in [5, 5.41) is 8.09. The molecular weight excluding hydrogens is 104 g/mol. The number of aliphatic hydroxyl groups is 1. The van der Waals surface area contributed by atoms with Gasteiger partial charge < -0.3 is 9.84 Å². The third kappa shape index (κ3) is 5.24. The van der Waals surface area contributed by atoms with Gasteiger partial charge >= 0.3 is 0 Å². The SMILES string of the molecule is COC/C=C/C=C\O. The Hall–Kier alpha value is -0.760. The molecule has 0 unspecified atom stereocenters. The maximum absolute atomic E-state index is 8.09. The minimum Gasteiger partial charge on any atom is -0.516 e. The van der Waals surface area contributed by atoms with Gasteiger partial charge in [0.2, 0.25) is 0 Å². The highest BCUT2D eigenvalue weighted by molar-refractivity contribution is 4.98. The lowest BCUT2D eigenvalue weighted by molar-refractivity contribution is 0.234. The number of hydrogen-bond acceptors (Lipinski definition) is 2. The van der Waals surface area contributed by atoms with Gasteiger partial charge in [0, 0.05) is 7.11 Å². The molecule has 0 rings (SSSR count). The molecule has 0 spiro atoms. The maximum Gasteiger partial charge on any atom is 0.0791 e. The second-order valence-electron chi connectivity index (χ2n) is 1.23. The Morgan fingerprint density at radius 3 is 2.75 bits per heavy atom. The highest BCUT2D eigenvalue weighted by Gasteiger charge is 1.65. The van der Waals surface area contributed by atoms with Crippen LogP contribution in [-0.2, 0) is 4.74 Å². The van der Waals surface area contributed by atoms with Crippen molar-refractivity contribution in [3.8, 4) is 0 Å². The third-order valence-corrected chi connectivity index (χ3v) is 0.596. The van der Waals surface area contributed by atoms with E-state index in [-0.39, 0.29) is 0 Å². The highest BCUT2D eigenvalue weighted by atomic mass is 16.5. The van der Waals surface area contributed by atoms with Crippen LogP contribution in [0.2, 0.25) is 0 Å². The predicted molar refractivity (Wildman–Crippen MR) is 32.8 cm³/mol. The molecule has 2 heteroatoms. The first-order chi connectivity index (χ1) is 3.91. The quantitative estimate of drug-likeness (QED) is 0.442. The fraction of sp³-hybridized carbons (Fsp3) is 0.333. The summed E-state index contributed by atoms with van der Waals surface area (Å²) in [5.74, 6) is 0. The molecule has 0 aliphatic rings. The standard InChI is InChI=1S/C6H10O2/c1-8-6-4-2-3-5-7/h2-5,7H,6H2,1H3/b4-2+,5-3-. The highest BCUT2D eigenvalue weighted by Crippen LogP contribution is 1.74. The Labute approximate surface area is 49.1 Å². The van der Waals surface area contributed by atoms with Gasteiger partial charge in [0.1, 0.15) is 0 Å². The Morgan fingerprint density at radius 2 is 2.25 bits per heavy atom. The Morgan fingerprint density at radius 1 is 1.50 bits per heavy atom. The number of ether oxygens (including phenoxy) is 1. The van der Waals surface area contributed by atoms with E-state index in [1.54, 1.807) is 19.3 Å². The monoisotopic (exact) mass is 114 g/mol. The lowest BCUT2D eigenvalue weighted by Crippen LogP contribution is -1.78. The molecule has 0 saturated heterocycles. The normalized spacial score (nSPS) is 11.6. The molecule has 0 aliphatic heterocycles. The van der Waals surface area contributed by atoms with Crippen molar-refractivity contribution in [2.24, 2.45) is 0 Å². The minimum absolute atomic E-state index is 0.588. The number of methoxy groups -OCH3 is 1. The summed E-state index contributed by atoms with van der Waals surface area (Å²) < 4.78 is 4.69. The van der Waals surface area contributed by atoms with E-state index in [1.807, 2.05) is 0 Å². The van der Waals surface area contributed by atoms with Crippen LogP contribution in [0, 0.1) is 0 Å². The third-order valence-electron chi connectivity index (χ3n) is 0.596. The largest absolute Gasteiger partial charge is 0.516 e. The first kappa shape index (κ1) is 7.24. The van der Waals surface area contributed by atoms with Gasteiger partial charge in [-0.25, -0.2) is 0 Å². The van der Waals surface area contributed by atoms with Crippen LogP contribution in [0.15, 0.2) is 24.5 Å². The predicted octanol–water partition coefficient (Wildman–Crippen LogP) is 1.26. The molecule has 0 aromatic rings. The summed E-state index contributed by atoms with van der Waals surface area (Å²) in [7, 11) is 1.62. The Kier molecular flexibility index (Phi) is 5.65. The van der Waals surface area contributed by atoms with E-state index >= 15 is 0 Å². The Bertz CT molecular complexity index is 84.5. The fourth-order valence-electron chi connectivity index (χ4n) is 0.280. The molecule has 0 aromatic heterocycles. The van der Waals surface area contributed by atoms with Crippen molar-refractivity contribution in [1.29, 1.82) is 0 Å². The van der Waals surface area contributed by atoms with Crippen LogP contribution in [0.25, 0.3) is 0 Å². The summed E-state index contributed by atoms with van der Waals surface area (Å²) in [4.78, 5) is 0. The number of aliphatic hydroxyl groups excluding tert-OH is 1. The van der Waals surface area contributed by atoms with Crippen molar-refractivity contribution in [3.05, 3.63) is 24.5 Å². The van der Waals surface area contributed by atoms with Gasteiger partial charge in [-0.15, -0.1) is 0 Å². The van der Waals surface area contributed by atoms with Crippen LogP contribution < -0.4 is 0 Å². The van der Waals surface area contributed by atoms with Crippen molar-refractivity contribution in [1.82, 2.24) is 0 Å². The summed E-state index contributed by atoms with van der Waals surface area (Å²) in [6.45, 7) is 0.588. The summed E-state index contributed by atoms with van der Waals surface area (Å²) >= 11 is 0. The van der Waals surface area contributed by atoms with Crippen molar-refractivity contribution < 1.29 is 9.84 Å². The fourth-order valence-corrected chi connectivity index (χ4v) is 0.280. The van der Waals surface area contributed by atoms with Gasteiger partial charge in [0.15, 0.2) is 0 Å². The molecule has 8 heavy (non-hydrogen) atoms. The molecule has 0 saturated carbocycles. The first-order valence-electron chi connectivity index (χ1n) is 2.36. The van der Waals surface area contributed by atoms with Crippen LogP contribution in [-0.4, -0.2) is 18.8 Å². The molecule has 0 heterocycles. The van der Waals surface area contributed by atoms with E-state index in [4.69, 9.17) is 5.11 Å². The van der Waals surface area contributed by atoms with Crippen LogP contribution >= 0.6 is 0 Å². The van der Waals surface area contributed by atoms with Crippen molar-refractivity contribution in [2.75, 3.05) is 13.7 Å². The van der Waals surface area contributed by atoms with Crippen molar-refractivity contribution in [3.63, 3.8) is 0 Å². The summed E-state index contributed by atoms with van der Waals surface area (Å²) in [6.07, 6.45) is 6.02. The van der Waals surface area contributed by atoms with Gasteiger partial charge in [-0.2, -0.15) is 0 Å². The molecule has 1 N–H and O–H groups in total. The topological polar surface area (TPSA) is 29.5 Å². The minimum atomic E-state index is 0.588. The van der Waals surface area contributed by atoms with Crippen LogP contribution in [0.1, 0.15) is 0 Å². The van der Waals surface area contributed by atoms with Crippen LogP contribution in [0.4, 0.5) is 0 Å². The zero-order valence-corrected chi connectivity index (χ0v) is 4.87. The number of allylic oxidation sites excluding steroid dienone is 2. The van der Waals surface area contributed by atoms with E-state index in [1.165, 1.54) is 6.08 Å². The average molecular weight is 114 g/mol. The zero-order valence-electron chi connectivity index (χ0n) is 4.87. The zero-order chi connectivity index (χ0) is 6.24. The number of rotatable bonds is 3. The maximum atomic E-state index is 8.09. The molecule has 0 aromatic carbocycles. The van der Waals surface area contributed by atoms with Crippen LogP contribution in [0.3, 0.4) is 0 Å².